The zero-order chi connectivity index (χ0) is 17.1. The maximum Gasteiger partial charge on any atom is 0.386 e. The van der Waals surface area contributed by atoms with Gasteiger partial charge in [-0.2, -0.15) is 4.67 Å². The standard InChI is InChI=1S/C22H18NO2P/c1-2-8-16-15(7-1)13-14-19(16)23-22-17-9-3-5-11-20(17)24-26(23)25-21-12-6-4-10-18(21)22/h1-12,19,22H,13-14H2/t19-,22?,26?/m1/s1. The zero-order valence-corrected chi connectivity index (χ0v) is 15.1. The third-order valence-corrected chi connectivity index (χ3v) is 7.25. The molecule has 1 atom stereocenters. The SMILES string of the molecule is c1ccc2c(c1)CC[C@H]2N1C2c3ccccc3OP1Oc1ccccc12. The Balaban J connectivity index is 1.55. The molecule has 4 heteroatoms. The maximum absolute atomic E-state index is 6.37. The number of rotatable bonds is 1. The summed E-state index contributed by atoms with van der Waals surface area (Å²) in [5, 5.41) is 0. The van der Waals surface area contributed by atoms with Crippen LogP contribution in [0.1, 0.15) is 40.8 Å². The minimum Gasteiger partial charge on any atom is -0.427 e. The van der Waals surface area contributed by atoms with E-state index in [1.165, 1.54) is 22.3 Å². The van der Waals surface area contributed by atoms with Crippen LogP contribution in [0.2, 0.25) is 0 Å². The molecule has 26 heavy (non-hydrogen) atoms. The van der Waals surface area contributed by atoms with E-state index in [9.17, 15) is 0 Å². The van der Waals surface area contributed by atoms with E-state index in [2.05, 4.69) is 65.3 Å². The quantitative estimate of drug-likeness (QED) is 0.514. The molecule has 3 nitrogen and oxygen atoms in total. The van der Waals surface area contributed by atoms with Crippen molar-refractivity contribution < 1.29 is 9.05 Å². The molecular weight excluding hydrogens is 341 g/mol. The van der Waals surface area contributed by atoms with Crippen molar-refractivity contribution >= 4 is 8.53 Å². The van der Waals surface area contributed by atoms with Crippen LogP contribution in [0.3, 0.4) is 0 Å². The van der Waals surface area contributed by atoms with Crippen molar-refractivity contribution in [1.82, 2.24) is 4.67 Å². The van der Waals surface area contributed by atoms with E-state index < -0.39 is 8.53 Å². The van der Waals surface area contributed by atoms with E-state index in [-0.39, 0.29) is 6.04 Å². The van der Waals surface area contributed by atoms with Crippen LogP contribution in [-0.2, 0) is 6.42 Å². The summed E-state index contributed by atoms with van der Waals surface area (Å²) in [6, 6.07) is 26.1. The fraction of sp³-hybridized carbons (Fsp3) is 0.182. The van der Waals surface area contributed by atoms with E-state index in [1.807, 2.05) is 12.1 Å². The fourth-order valence-electron chi connectivity index (χ4n) is 4.51. The number of para-hydroxylation sites is 2. The molecule has 6 rings (SSSR count). The van der Waals surface area contributed by atoms with Gasteiger partial charge in [0.2, 0.25) is 0 Å². The van der Waals surface area contributed by atoms with Gasteiger partial charge in [-0.1, -0.05) is 60.7 Å². The molecule has 128 valence electrons. The molecule has 0 N–H and O–H groups in total. The fourth-order valence-corrected chi connectivity index (χ4v) is 6.31. The maximum atomic E-state index is 6.37. The predicted octanol–water partition coefficient (Wildman–Crippen LogP) is 5.78. The number of hydrogen-bond acceptors (Lipinski definition) is 3. The summed E-state index contributed by atoms with van der Waals surface area (Å²) in [5.41, 5.74) is 5.37. The zero-order valence-electron chi connectivity index (χ0n) is 14.2. The first-order valence-electron chi connectivity index (χ1n) is 9.10. The topological polar surface area (TPSA) is 21.7 Å². The molecule has 3 aromatic rings. The molecule has 0 unspecified atom stereocenters. The van der Waals surface area contributed by atoms with Crippen LogP contribution in [-0.4, -0.2) is 4.67 Å². The Bertz CT molecular complexity index is 955. The lowest BCUT2D eigenvalue weighted by Crippen LogP contribution is -2.37. The molecule has 0 spiro atoms. The van der Waals surface area contributed by atoms with E-state index in [0.717, 1.165) is 24.3 Å². The number of nitrogens with zero attached hydrogens (tertiary/aromatic N) is 1. The molecule has 1 aliphatic carbocycles. The van der Waals surface area contributed by atoms with E-state index in [0.29, 0.717) is 6.04 Å². The van der Waals surface area contributed by atoms with Crippen LogP contribution in [0.25, 0.3) is 0 Å². The Labute approximate surface area is 154 Å². The summed E-state index contributed by atoms with van der Waals surface area (Å²) in [6.07, 6.45) is 2.24. The molecule has 0 saturated carbocycles. The van der Waals surface area contributed by atoms with Crippen LogP contribution in [0.4, 0.5) is 0 Å². The van der Waals surface area contributed by atoms with Crippen molar-refractivity contribution in [3.05, 3.63) is 95.1 Å². The number of aryl methyl sites for hydroxylation is 1. The molecule has 2 aliphatic heterocycles. The largest absolute Gasteiger partial charge is 0.427 e. The molecule has 2 bridgehead atoms. The average molecular weight is 359 g/mol. The third-order valence-electron chi connectivity index (χ3n) is 5.65. The summed E-state index contributed by atoms with van der Waals surface area (Å²) in [4.78, 5) is 0. The van der Waals surface area contributed by atoms with Crippen LogP contribution in [0, 0.1) is 0 Å². The van der Waals surface area contributed by atoms with Gasteiger partial charge in [0.05, 0.1) is 6.04 Å². The van der Waals surface area contributed by atoms with Gasteiger partial charge in [0.15, 0.2) is 0 Å². The van der Waals surface area contributed by atoms with Crippen LogP contribution < -0.4 is 9.05 Å². The molecule has 3 aliphatic rings. The highest BCUT2D eigenvalue weighted by Gasteiger charge is 2.49. The second-order valence-electron chi connectivity index (χ2n) is 7.03. The smallest absolute Gasteiger partial charge is 0.386 e. The molecule has 2 heterocycles. The Hall–Kier alpha value is -2.35. The molecule has 0 radical (unpaired) electrons. The summed E-state index contributed by atoms with van der Waals surface area (Å²) in [7, 11) is -1.16. The highest BCUT2D eigenvalue weighted by molar-refractivity contribution is 7.45. The molecule has 0 fully saturated rings. The molecule has 0 amide bonds. The van der Waals surface area contributed by atoms with Gasteiger partial charge in [0.1, 0.15) is 11.5 Å². The lowest BCUT2D eigenvalue weighted by molar-refractivity contribution is 0.210. The lowest BCUT2D eigenvalue weighted by atomic mass is 9.95. The second-order valence-corrected chi connectivity index (χ2v) is 8.33. The van der Waals surface area contributed by atoms with Gasteiger partial charge in [-0.05, 0) is 36.1 Å². The first-order chi connectivity index (χ1) is 12.9. The summed E-state index contributed by atoms with van der Waals surface area (Å²) in [5.74, 6) is 1.92. The van der Waals surface area contributed by atoms with Crippen molar-refractivity contribution in [2.45, 2.75) is 24.9 Å². The molecule has 3 aromatic carbocycles. The normalized spacial score (nSPS) is 25.5. The Morgan fingerprint density at radius 1 is 0.731 bits per heavy atom. The molecular formula is C22H18NO2P. The number of fused-ring (bicyclic) bond motifs is 7. The molecule has 0 saturated heterocycles. The predicted molar refractivity (Wildman–Crippen MR) is 102 cm³/mol. The Morgan fingerprint density at radius 3 is 2.00 bits per heavy atom. The van der Waals surface area contributed by atoms with Crippen LogP contribution in [0.5, 0.6) is 11.5 Å². The first-order valence-corrected chi connectivity index (χ1v) is 10.2. The second kappa shape index (κ2) is 5.57. The average Bonchev–Trinajstić information content (AvgIpc) is 3.11. The Kier molecular flexibility index (Phi) is 3.17. The van der Waals surface area contributed by atoms with Crippen LogP contribution >= 0.6 is 8.53 Å². The van der Waals surface area contributed by atoms with Crippen LogP contribution in [0.15, 0.2) is 72.8 Å². The van der Waals surface area contributed by atoms with Gasteiger partial charge in [-0.3, -0.25) is 0 Å². The van der Waals surface area contributed by atoms with Crippen molar-refractivity contribution in [2.24, 2.45) is 0 Å². The van der Waals surface area contributed by atoms with E-state index >= 15 is 0 Å². The number of hydrogen-bond donors (Lipinski definition) is 0. The highest BCUT2D eigenvalue weighted by Crippen LogP contribution is 2.65. The van der Waals surface area contributed by atoms with Gasteiger partial charge in [0, 0.05) is 17.2 Å². The van der Waals surface area contributed by atoms with Gasteiger partial charge in [-0.15, -0.1) is 0 Å². The van der Waals surface area contributed by atoms with Crippen molar-refractivity contribution in [3.63, 3.8) is 0 Å². The summed E-state index contributed by atoms with van der Waals surface area (Å²) >= 11 is 0. The van der Waals surface area contributed by atoms with Crippen molar-refractivity contribution in [1.29, 1.82) is 0 Å². The third kappa shape index (κ3) is 2.02. The van der Waals surface area contributed by atoms with Gasteiger partial charge < -0.3 is 9.05 Å². The number of benzene rings is 3. The highest BCUT2D eigenvalue weighted by atomic mass is 31.2. The molecule has 0 aromatic heterocycles. The lowest BCUT2D eigenvalue weighted by Gasteiger charge is -2.47. The van der Waals surface area contributed by atoms with Gasteiger partial charge in [0.25, 0.3) is 0 Å². The van der Waals surface area contributed by atoms with E-state index in [1.54, 1.807) is 0 Å². The van der Waals surface area contributed by atoms with Crippen molar-refractivity contribution in [2.75, 3.05) is 0 Å². The monoisotopic (exact) mass is 359 g/mol. The first kappa shape index (κ1) is 14.8. The van der Waals surface area contributed by atoms with Gasteiger partial charge >= 0.3 is 8.53 Å². The van der Waals surface area contributed by atoms with E-state index in [4.69, 9.17) is 9.05 Å². The minimum atomic E-state index is -1.16. The van der Waals surface area contributed by atoms with Crippen molar-refractivity contribution in [3.8, 4) is 11.5 Å². The Morgan fingerprint density at radius 2 is 1.31 bits per heavy atom. The summed E-state index contributed by atoms with van der Waals surface area (Å²) < 4.78 is 15.2. The van der Waals surface area contributed by atoms with Gasteiger partial charge in [-0.25, -0.2) is 0 Å². The minimum absolute atomic E-state index is 0.187. The summed E-state index contributed by atoms with van der Waals surface area (Å²) in [6.45, 7) is 0.